The molecule has 0 radical (unpaired) electrons. The fourth-order valence-corrected chi connectivity index (χ4v) is 1.99. The molecule has 0 aromatic heterocycles. The van der Waals surface area contributed by atoms with Gasteiger partial charge in [0.1, 0.15) is 0 Å². The van der Waals surface area contributed by atoms with Gasteiger partial charge in [0.05, 0.1) is 38.1 Å². The summed E-state index contributed by atoms with van der Waals surface area (Å²) in [6, 6.07) is 0. The molecule has 0 amide bonds. The van der Waals surface area contributed by atoms with Crippen LogP contribution in [0.5, 0.6) is 0 Å². The Balaban J connectivity index is 3.85. The summed E-state index contributed by atoms with van der Waals surface area (Å²) in [5.74, 6) is 0. The molecule has 116 valence electrons. The van der Waals surface area contributed by atoms with E-state index in [1.54, 1.807) is 20.8 Å². The second-order valence-electron chi connectivity index (χ2n) is 4.64. The molecule has 7 heteroatoms. The SMILES string of the molecule is CC(O)CCOP(OCCC(C)O)OCCC(C)O. The van der Waals surface area contributed by atoms with Crippen LogP contribution in [0.2, 0.25) is 0 Å². The van der Waals surface area contributed by atoms with E-state index < -0.39 is 26.9 Å². The summed E-state index contributed by atoms with van der Waals surface area (Å²) in [4.78, 5) is 0. The van der Waals surface area contributed by atoms with E-state index in [1.165, 1.54) is 0 Å². The molecular formula is C12H27O6P. The maximum absolute atomic E-state index is 9.14. The minimum atomic E-state index is -1.49. The largest absolute Gasteiger partial charge is 0.393 e. The predicted octanol–water partition coefficient (Wildman–Crippen LogP) is 1.58. The molecule has 19 heavy (non-hydrogen) atoms. The van der Waals surface area contributed by atoms with E-state index in [0.29, 0.717) is 39.1 Å². The van der Waals surface area contributed by atoms with Crippen molar-refractivity contribution >= 4 is 8.60 Å². The van der Waals surface area contributed by atoms with Gasteiger partial charge in [0.2, 0.25) is 0 Å². The Kier molecular flexibility index (Phi) is 12.1. The molecule has 0 saturated heterocycles. The molecule has 0 aromatic rings. The van der Waals surface area contributed by atoms with Crippen molar-refractivity contribution in [1.29, 1.82) is 0 Å². The topological polar surface area (TPSA) is 88.4 Å². The zero-order chi connectivity index (χ0) is 14.7. The molecule has 0 fully saturated rings. The van der Waals surface area contributed by atoms with Crippen LogP contribution in [0.4, 0.5) is 0 Å². The fraction of sp³-hybridized carbons (Fsp3) is 1.00. The second kappa shape index (κ2) is 12.0. The molecule has 6 nitrogen and oxygen atoms in total. The van der Waals surface area contributed by atoms with E-state index in [-0.39, 0.29) is 0 Å². The van der Waals surface area contributed by atoms with E-state index >= 15 is 0 Å². The fourth-order valence-electron chi connectivity index (χ4n) is 1.01. The van der Waals surface area contributed by atoms with Gasteiger partial charge in [-0.25, -0.2) is 0 Å². The highest BCUT2D eigenvalue weighted by atomic mass is 31.2. The highest BCUT2D eigenvalue weighted by Crippen LogP contribution is 2.40. The zero-order valence-electron chi connectivity index (χ0n) is 12.0. The van der Waals surface area contributed by atoms with Gasteiger partial charge in [-0.2, -0.15) is 0 Å². The molecule has 0 aliphatic rings. The Morgan fingerprint density at radius 3 is 1.16 bits per heavy atom. The minimum Gasteiger partial charge on any atom is -0.393 e. The molecule has 0 saturated carbocycles. The average Bonchev–Trinajstić information content (AvgIpc) is 2.26. The van der Waals surface area contributed by atoms with Crippen LogP contribution in [-0.2, 0) is 13.6 Å². The third-order valence-corrected chi connectivity index (χ3v) is 3.38. The van der Waals surface area contributed by atoms with Crippen LogP contribution in [0.25, 0.3) is 0 Å². The molecule has 0 bridgehead atoms. The van der Waals surface area contributed by atoms with Gasteiger partial charge in [0.25, 0.3) is 0 Å². The second-order valence-corrected chi connectivity index (χ2v) is 5.86. The zero-order valence-corrected chi connectivity index (χ0v) is 12.9. The molecule has 3 N–H and O–H groups in total. The summed E-state index contributed by atoms with van der Waals surface area (Å²) < 4.78 is 16.2. The van der Waals surface area contributed by atoms with E-state index in [9.17, 15) is 0 Å². The third-order valence-electron chi connectivity index (χ3n) is 2.20. The normalized spacial score (nSPS) is 18.0. The first-order chi connectivity index (χ1) is 8.91. The standard InChI is InChI=1S/C12H27O6P/c1-10(13)4-7-16-19(17-8-5-11(2)14)18-9-6-12(3)15/h10-15H,4-9H2,1-3H3. The van der Waals surface area contributed by atoms with Crippen LogP contribution < -0.4 is 0 Å². The Bertz CT molecular complexity index is 167. The van der Waals surface area contributed by atoms with Crippen molar-refractivity contribution < 1.29 is 28.9 Å². The van der Waals surface area contributed by atoms with Gasteiger partial charge in [-0.1, -0.05) is 0 Å². The van der Waals surface area contributed by atoms with E-state index in [1.807, 2.05) is 0 Å². The highest BCUT2D eigenvalue weighted by Gasteiger charge is 2.14. The van der Waals surface area contributed by atoms with Crippen molar-refractivity contribution in [2.24, 2.45) is 0 Å². The highest BCUT2D eigenvalue weighted by molar-refractivity contribution is 7.41. The molecule has 0 rings (SSSR count). The van der Waals surface area contributed by atoms with E-state index in [2.05, 4.69) is 0 Å². The van der Waals surface area contributed by atoms with Gasteiger partial charge in [0, 0.05) is 0 Å². The van der Waals surface area contributed by atoms with Gasteiger partial charge in [0.15, 0.2) is 0 Å². The average molecular weight is 298 g/mol. The van der Waals surface area contributed by atoms with Crippen molar-refractivity contribution in [2.45, 2.75) is 58.3 Å². The predicted molar refractivity (Wildman–Crippen MR) is 73.7 cm³/mol. The van der Waals surface area contributed by atoms with Gasteiger partial charge in [-0.3, -0.25) is 0 Å². The number of aliphatic hydroxyl groups is 3. The number of hydrogen-bond donors (Lipinski definition) is 3. The van der Waals surface area contributed by atoms with Crippen molar-refractivity contribution in [1.82, 2.24) is 0 Å². The smallest absolute Gasteiger partial charge is 0.332 e. The molecule has 0 spiro atoms. The summed E-state index contributed by atoms with van der Waals surface area (Å²) in [6.07, 6.45) is 0.264. The Labute approximate surface area is 116 Å². The van der Waals surface area contributed by atoms with Crippen LogP contribution >= 0.6 is 8.60 Å². The number of hydrogen-bond acceptors (Lipinski definition) is 6. The van der Waals surface area contributed by atoms with E-state index in [0.717, 1.165) is 0 Å². The quantitative estimate of drug-likeness (QED) is 0.474. The lowest BCUT2D eigenvalue weighted by atomic mass is 10.3. The number of rotatable bonds is 12. The van der Waals surface area contributed by atoms with Gasteiger partial charge in [-0.15, -0.1) is 0 Å². The molecule has 0 aromatic carbocycles. The minimum absolute atomic E-state index is 0.354. The maximum Gasteiger partial charge on any atom is 0.332 e. The van der Waals surface area contributed by atoms with Crippen molar-refractivity contribution in [3.05, 3.63) is 0 Å². The first-order valence-electron chi connectivity index (χ1n) is 6.65. The first-order valence-corrected chi connectivity index (χ1v) is 7.74. The lowest BCUT2D eigenvalue weighted by Gasteiger charge is -2.18. The Morgan fingerprint density at radius 2 is 0.947 bits per heavy atom. The molecular weight excluding hydrogens is 271 g/mol. The Morgan fingerprint density at radius 1 is 0.684 bits per heavy atom. The van der Waals surface area contributed by atoms with Gasteiger partial charge in [-0.05, 0) is 40.0 Å². The summed E-state index contributed by atoms with van der Waals surface area (Å²) in [6.45, 7) is 6.13. The molecule has 0 heterocycles. The summed E-state index contributed by atoms with van der Waals surface area (Å²) in [5.41, 5.74) is 0. The lowest BCUT2D eigenvalue weighted by Crippen LogP contribution is -2.09. The van der Waals surface area contributed by atoms with Crippen LogP contribution in [-0.4, -0.2) is 53.5 Å². The Hall–Kier alpha value is 0.190. The van der Waals surface area contributed by atoms with Crippen LogP contribution in [0, 0.1) is 0 Å². The molecule has 0 aliphatic carbocycles. The summed E-state index contributed by atoms with van der Waals surface area (Å²) in [7, 11) is -1.49. The summed E-state index contributed by atoms with van der Waals surface area (Å²) >= 11 is 0. The van der Waals surface area contributed by atoms with Crippen molar-refractivity contribution in [3.63, 3.8) is 0 Å². The molecule has 3 atom stereocenters. The molecule has 3 unspecified atom stereocenters. The van der Waals surface area contributed by atoms with Gasteiger partial charge >= 0.3 is 8.60 Å². The van der Waals surface area contributed by atoms with Crippen LogP contribution in [0.1, 0.15) is 40.0 Å². The molecule has 0 aliphatic heterocycles. The number of aliphatic hydroxyl groups excluding tert-OH is 3. The summed E-state index contributed by atoms with van der Waals surface area (Å²) in [5, 5.41) is 27.4. The van der Waals surface area contributed by atoms with E-state index in [4.69, 9.17) is 28.9 Å². The first kappa shape index (κ1) is 19.2. The third kappa shape index (κ3) is 14.4. The lowest BCUT2D eigenvalue weighted by molar-refractivity contribution is 0.101. The van der Waals surface area contributed by atoms with Crippen LogP contribution in [0.15, 0.2) is 0 Å². The van der Waals surface area contributed by atoms with Crippen molar-refractivity contribution in [3.8, 4) is 0 Å². The monoisotopic (exact) mass is 298 g/mol. The maximum atomic E-state index is 9.14. The van der Waals surface area contributed by atoms with Crippen LogP contribution in [0.3, 0.4) is 0 Å². The van der Waals surface area contributed by atoms with Gasteiger partial charge < -0.3 is 28.9 Å². The van der Waals surface area contributed by atoms with Crippen molar-refractivity contribution in [2.75, 3.05) is 19.8 Å².